The fourth-order valence-electron chi connectivity index (χ4n) is 0.811. The molecule has 1 aliphatic rings. The van der Waals surface area contributed by atoms with Crippen molar-refractivity contribution in [3.63, 3.8) is 0 Å². The minimum atomic E-state index is -4.19. The lowest BCUT2D eigenvalue weighted by Crippen LogP contribution is -2.25. The number of hydrogen-bond acceptors (Lipinski definition) is 2. The molecule has 0 radical (unpaired) electrons. The van der Waals surface area contributed by atoms with Crippen molar-refractivity contribution in [1.29, 1.82) is 0 Å². The van der Waals surface area contributed by atoms with Crippen LogP contribution >= 0.6 is 0 Å². The summed E-state index contributed by atoms with van der Waals surface area (Å²) in [5.74, 6) is 0. The Hall–Kier alpha value is -0.290. The molecule has 0 aromatic rings. The van der Waals surface area contributed by atoms with E-state index in [0.29, 0.717) is 12.6 Å². The summed E-state index contributed by atoms with van der Waals surface area (Å²) in [4.78, 5) is 0. The predicted molar refractivity (Wildman–Crippen MR) is 37.9 cm³/mol. The second-order valence-electron chi connectivity index (χ2n) is 2.90. The van der Waals surface area contributed by atoms with E-state index in [-0.39, 0.29) is 6.61 Å². The second-order valence-corrected chi connectivity index (χ2v) is 2.90. The Balaban J connectivity index is 1.82. The topological polar surface area (TPSA) is 21.3 Å². The third-order valence-electron chi connectivity index (χ3n) is 1.52. The van der Waals surface area contributed by atoms with Crippen molar-refractivity contribution in [3.05, 3.63) is 0 Å². The van der Waals surface area contributed by atoms with Crippen LogP contribution in [0.5, 0.6) is 0 Å². The summed E-state index contributed by atoms with van der Waals surface area (Å²) < 4.78 is 38.9. The summed E-state index contributed by atoms with van der Waals surface area (Å²) in [6.07, 6.45) is -1.92. The first kappa shape index (κ1) is 9.80. The molecule has 12 heavy (non-hydrogen) atoms. The Morgan fingerprint density at radius 2 is 2.00 bits per heavy atom. The molecule has 0 aromatic heterocycles. The van der Waals surface area contributed by atoms with Gasteiger partial charge in [-0.25, -0.2) is 0 Å². The molecular weight excluding hydrogens is 171 g/mol. The van der Waals surface area contributed by atoms with E-state index in [4.69, 9.17) is 0 Å². The van der Waals surface area contributed by atoms with Gasteiger partial charge in [-0.15, -0.1) is 0 Å². The first-order valence-corrected chi connectivity index (χ1v) is 3.96. The highest BCUT2D eigenvalue weighted by atomic mass is 19.4. The average Bonchev–Trinajstić information content (AvgIpc) is 2.68. The Kier molecular flexibility index (Phi) is 3.34. The van der Waals surface area contributed by atoms with Crippen molar-refractivity contribution in [2.45, 2.75) is 25.1 Å². The van der Waals surface area contributed by atoms with Gasteiger partial charge in [0, 0.05) is 12.6 Å². The first-order valence-electron chi connectivity index (χ1n) is 3.96. The summed E-state index contributed by atoms with van der Waals surface area (Å²) in [6.45, 7) is -0.490. The highest BCUT2D eigenvalue weighted by molar-refractivity contribution is 4.80. The number of rotatable bonds is 5. The van der Waals surface area contributed by atoms with Gasteiger partial charge in [0.2, 0.25) is 0 Å². The number of halogens is 3. The predicted octanol–water partition coefficient (Wildman–Crippen LogP) is 1.32. The summed E-state index contributed by atoms with van der Waals surface area (Å²) in [6, 6.07) is 0.527. The van der Waals surface area contributed by atoms with Crippen LogP contribution in [-0.4, -0.2) is 32.0 Å². The van der Waals surface area contributed by atoms with Gasteiger partial charge in [-0.1, -0.05) is 0 Å². The van der Waals surface area contributed by atoms with E-state index < -0.39 is 12.8 Å². The highest BCUT2D eigenvalue weighted by Gasteiger charge is 2.27. The molecule has 0 unspecified atom stereocenters. The van der Waals surface area contributed by atoms with Gasteiger partial charge >= 0.3 is 6.18 Å². The molecule has 2 nitrogen and oxygen atoms in total. The smallest absolute Gasteiger partial charge is 0.371 e. The number of nitrogens with one attached hydrogen (secondary N) is 1. The molecule has 1 N–H and O–H groups in total. The van der Waals surface area contributed by atoms with Crippen LogP contribution in [0.4, 0.5) is 13.2 Å². The first-order chi connectivity index (χ1) is 5.58. The maximum atomic E-state index is 11.5. The third-order valence-corrected chi connectivity index (χ3v) is 1.52. The Morgan fingerprint density at radius 1 is 1.33 bits per heavy atom. The monoisotopic (exact) mass is 183 g/mol. The van der Waals surface area contributed by atoms with Crippen molar-refractivity contribution in [1.82, 2.24) is 5.32 Å². The molecule has 1 aliphatic carbocycles. The molecule has 0 heterocycles. The molecule has 0 atom stereocenters. The van der Waals surface area contributed by atoms with Gasteiger partial charge < -0.3 is 10.1 Å². The minimum Gasteiger partial charge on any atom is -0.371 e. The zero-order valence-corrected chi connectivity index (χ0v) is 6.66. The van der Waals surface area contributed by atoms with E-state index in [9.17, 15) is 13.2 Å². The second kappa shape index (κ2) is 4.09. The van der Waals surface area contributed by atoms with Gasteiger partial charge in [0.1, 0.15) is 6.61 Å². The van der Waals surface area contributed by atoms with Crippen molar-refractivity contribution < 1.29 is 17.9 Å². The zero-order chi connectivity index (χ0) is 9.03. The molecule has 1 rings (SSSR count). The van der Waals surface area contributed by atoms with E-state index in [0.717, 1.165) is 12.8 Å². The van der Waals surface area contributed by atoms with Gasteiger partial charge in [-0.3, -0.25) is 0 Å². The van der Waals surface area contributed by atoms with E-state index >= 15 is 0 Å². The molecule has 1 saturated carbocycles. The van der Waals surface area contributed by atoms with Crippen LogP contribution in [0.15, 0.2) is 0 Å². The van der Waals surface area contributed by atoms with Crippen molar-refractivity contribution >= 4 is 0 Å². The number of hydrogen-bond donors (Lipinski definition) is 1. The molecule has 72 valence electrons. The maximum absolute atomic E-state index is 11.5. The molecule has 0 amide bonds. The van der Waals surface area contributed by atoms with E-state index in [1.54, 1.807) is 0 Å². The zero-order valence-electron chi connectivity index (χ0n) is 6.66. The Bertz CT molecular complexity index is 133. The quantitative estimate of drug-likeness (QED) is 0.649. The van der Waals surface area contributed by atoms with Crippen LogP contribution in [0, 0.1) is 0 Å². The van der Waals surface area contributed by atoms with Gasteiger partial charge in [0.25, 0.3) is 0 Å². The molecular formula is C7H12F3NO. The Morgan fingerprint density at radius 3 is 2.50 bits per heavy atom. The van der Waals surface area contributed by atoms with Gasteiger partial charge in [-0.05, 0) is 12.8 Å². The van der Waals surface area contributed by atoms with Crippen molar-refractivity contribution in [2.75, 3.05) is 19.8 Å². The molecule has 5 heteroatoms. The molecule has 0 bridgehead atoms. The number of alkyl halides is 3. The highest BCUT2D eigenvalue weighted by Crippen LogP contribution is 2.18. The van der Waals surface area contributed by atoms with E-state index in [1.165, 1.54) is 0 Å². The summed E-state index contributed by atoms with van der Waals surface area (Å²) >= 11 is 0. The van der Waals surface area contributed by atoms with E-state index in [2.05, 4.69) is 10.1 Å². The third kappa shape index (κ3) is 5.37. The van der Waals surface area contributed by atoms with Gasteiger partial charge in [0.15, 0.2) is 0 Å². The van der Waals surface area contributed by atoms with Crippen molar-refractivity contribution in [3.8, 4) is 0 Å². The summed E-state index contributed by atoms with van der Waals surface area (Å²) in [5.41, 5.74) is 0. The van der Waals surface area contributed by atoms with Crippen LogP contribution in [0.1, 0.15) is 12.8 Å². The molecule has 0 spiro atoms. The van der Waals surface area contributed by atoms with Crippen LogP contribution in [0.25, 0.3) is 0 Å². The lowest BCUT2D eigenvalue weighted by atomic mass is 10.6. The summed E-state index contributed by atoms with van der Waals surface area (Å²) in [5, 5.41) is 3.05. The van der Waals surface area contributed by atoms with E-state index in [1.807, 2.05) is 0 Å². The molecule has 0 aliphatic heterocycles. The van der Waals surface area contributed by atoms with Gasteiger partial charge in [-0.2, -0.15) is 13.2 Å². The number of ether oxygens (including phenoxy) is 1. The molecule has 1 fully saturated rings. The lowest BCUT2D eigenvalue weighted by molar-refractivity contribution is -0.173. The molecule has 0 aromatic carbocycles. The maximum Gasteiger partial charge on any atom is 0.411 e. The fourth-order valence-corrected chi connectivity index (χ4v) is 0.811. The van der Waals surface area contributed by atoms with Crippen LogP contribution in [-0.2, 0) is 4.74 Å². The fraction of sp³-hybridized carbons (Fsp3) is 1.00. The van der Waals surface area contributed by atoms with Crippen LogP contribution in [0.3, 0.4) is 0 Å². The van der Waals surface area contributed by atoms with Crippen molar-refractivity contribution in [2.24, 2.45) is 0 Å². The SMILES string of the molecule is FC(F)(F)COCCNC1CC1. The molecule has 0 saturated heterocycles. The minimum absolute atomic E-state index is 0.135. The van der Waals surface area contributed by atoms with Crippen LogP contribution < -0.4 is 5.32 Å². The normalized spacial score (nSPS) is 18.2. The van der Waals surface area contributed by atoms with Gasteiger partial charge in [0.05, 0.1) is 6.61 Å². The standard InChI is InChI=1S/C7H12F3NO/c8-7(9,10)5-12-4-3-11-6-1-2-6/h6,11H,1-5H2. The van der Waals surface area contributed by atoms with Crippen LogP contribution in [0.2, 0.25) is 0 Å². The average molecular weight is 183 g/mol. The summed E-state index contributed by atoms with van der Waals surface area (Å²) in [7, 11) is 0. The largest absolute Gasteiger partial charge is 0.411 e. The lowest BCUT2D eigenvalue weighted by Gasteiger charge is -2.07. The Labute approximate surface area is 69.1 Å².